The van der Waals surface area contributed by atoms with Crippen molar-refractivity contribution in [3.05, 3.63) is 29.3 Å². The SMILES string of the molecule is CCO/C(C)=N/OCc1ccc(OC(F)F)c(C(F)(F)F)c1. The zero-order chi connectivity index (χ0) is 16.8. The Labute approximate surface area is 123 Å². The lowest BCUT2D eigenvalue weighted by Crippen LogP contribution is -2.12. The third kappa shape index (κ3) is 5.74. The van der Waals surface area contributed by atoms with E-state index in [-0.39, 0.29) is 18.1 Å². The molecule has 4 nitrogen and oxygen atoms in total. The van der Waals surface area contributed by atoms with Gasteiger partial charge in [0, 0.05) is 6.92 Å². The van der Waals surface area contributed by atoms with Gasteiger partial charge in [0.1, 0.15) is 12.4 Å². The molecule has 0 aromatic heterocycles. The molecule has 9 heteroatoms. The van der Waals surface area contributed by atoms with Gasteiger partial charge in [-0.1, -0.05) is 11.2 Å². The topological polar surface area (TPSA) is 40.0 Å². The lowest BCUT2D eigenvalue weighted by atomic mass is 10.1. The molecular weight excluding hydrogens is 313 g/mol. The first-order chi connectivity index (χ1) is 10.2. The minimum atomic E-state index is -4.83. The van der Waals surface area contributed by atoms with Crippen LogP contribution in [0.1, 0.15) is 25.0 Å². The van der Waals surface area contributed by atoms with Crippen molar-refractivity contribution in [3.8, 4) is 5.75 Å². The van der Waals surface area contributed by atoms with E-state index in [1.807, 2.05) is 0 Å². The van der Waals surface area contributed by atoms with E-state index in [9.17, 15) is 22.0 Å². The Kier molecular flexibility index (Phi) is 6.39. The van der Waals surface area contributed by atoms with Crippen LogP contribution in [0.5, 0.6) is 5.75 Å². The molecule has 0 amide bonds. The summed E-state index contributed by atoms with van der Waals surface area (Å²) in [6.07, 6.45) is -4.83. The normalized spacial score (nSPS) is 12.5. The summed E-state index contributed by atoms with van der Waals surface area (Å²) >= 11 is 0. The van der Waals surface area contributed by atoms with Crippen LogP contribution in [0.25, 0.3) is 0 Å². The van der Waals surface area contributed by atoms with E-state index in [1.54, 1.807) is 6.92 Å². The predicted octanol–water partition coefficient (Wildman–Crippen LogP) is 4.19. The Morgan fingerprint density at radius 3 is 2.50 bits per heavy atom. The third-order valence-electron chi connectivity index (χ3n) is 2.34. The number of benzene rings is 1. The van der Waals surface area contributed by atoms with Gasteiger partial charge in [-0.25, -0.2) is 0 Å². The molecule has 0 saturated heterocycles. The van der Waals surface area contributed by atoms with Gasteiger partial charge < -0.3 is 14.3 Å². The van der Waals surface area contributed by atoms with Crippen LogP contribution < -0.4 is 4.74 Å². The number of alkyl halides is 5. The standard InChI is InChI=1S/C13H14F5NO3/c1-3-20-8(2)19-21-7-9-4-5-11(22-12(14)15)10(6-9)13(16,17)18/h4-6,12H,3,7H2,1-2H3/b19-8+. The highest BCUT2D eigenvalue weighted by molar-refractivity contribution is 5.72. The fourth-order valence-corrected chi connectivity index (χ4v) is 1.52. The summed E-state index contributed by atoms with van der Waals surface area (Å²) in [6, 6.07) is 2.66. The molecule has 0 bridgehead atoms. The first-order valence-corrected chi connectivity index (χ1v) is 6.18. The fourth-order valence-electron chi connectivity index (χ4n) is 1.52. The van der Waals surface area contributed by atoms with Crippen molar-refractivity contribution < 1.29 is 36.3 Å². The quantitative estimate of drug-likeness (QED) is 0.340. The van der Waals surface area contributed by atoms with Crippen molar-refractivity contribution in [1.29, 1.82) is 0 Å². The maximum absolute atomic E-state index is 12.8. The molecule has 22 heavy (non-hydrogen) atoms. The lowest BCUT2D eigenvalue weighted by Gasteiger charge is -2.14. The van der Waals surface area contributed by atoms with E-state index >= 15 is 0 Å². The number of hydrogen-bond acceptors (Lipinski definition) is 4. The minimum Gasteiger partial charge on any atom is -0.479 e. The first-order valence-electron chi connectivity index (χ1n) is 6.18. The maximum Gasteiger partial charge on any atom is 0.419 e. The molecule has 0 fully saturated rings. The predicted molar refractivity (Wildman–Crippen MR) is 67.6 cm³/mol. The number of nitrogens with zero attached hydrogens (tertiary/aromatic N) is 1. The molecule has 0 aliphatic rings. The zero-order valence-corrected chi connectivity index (χ0v) is 11.8. The van der Waals surface area contributed by atoms with Crippen LogP contribution in [0, 0.1) is 0 Å². The summed E-state index contributed by atoms with van der Waals surface area (Å²) < 4.78 is 71.5. The number of ether oxygens (including phenoxy) is 2. The van der Waals surface area contributed by atoms with Crippen LogP contribution in [-0.4, -0.2) is 19.1 Å². The van der Waals surface area contributed by atoms with Gasteiger partial charge in [0.15, 0.2) is 0 Å². The Bertz CT molecular complexity index is 517. The number of rotatable bonds is 6. The first kappa shape index (κ1) is 18.0. The third-order valence-corrected chi connectivity index (χ3v) is 2.34. The van der Waals surface area contributed by atoms with Gasteiger partial charge in [0.05, 0.1) is 12.2 Å². The molecule has 0 N–H and O–H groups in total. The molecule has 1 aromatic carbocycles. The molecule has 0 aliphatic carbocycles. The van der Waals surface area contributed by atoms with Crippen molar-refractivity contribution in [3.63, 3.8) is 0 Å². The van der Waals surface area contributed by atoms with Crippen molar-refractivity contribution in [1.82, 2.24) is 0 Å². The molecule has 0 unspecified atom stereocenters. The van der Waals surface area contributed by atoms with Crippen molar-refractivity contribution in [2.75, 3.05) is 6.61 Å². The van der Waals surface area contributed by atoms with E-state index in [1.165, 1.54) is 13.0 Å². The van der Waals surface area contributed by atoms with Gasteiger partial charge >= 0.3 is 12.8 Å². The molecule has 0 heterocycles. The molecule has 1 aromatic rings. The molecule has 0 spiro atoms. The van der Waals surface area contributed by atoms with Crippen molar-refractivity contribution in [2.24, 2.45) is 5.16 Å². The highest BCUT2D eigenvalue weighted by Crippen LogP contribution is 2.37. The largest absolute Gasteiger partial charge is 0.479 e. The molecule has 0 saturated carbocycles. The average Bonchev–Trinajstić information content (AvgIpc) is 2.38. The minimum absolute atomic E-state index is 0.0991. The smallest absolute Gasteiger partial charge is 0.419 e. The average molecular weight is 327 g/mol. The van der Waals surface area contributed by atoms with Crippen LogP contribution in [0.3, 0.4) is 0 Å². The molecule has 124 valence electrons. The van der Waals surface area contributed by atoms with Gasteiger partial charge in [0.2, 0.25) is 5.90 Å². The fraction of sp³-hybridized carbons (Fsp3) is 0.462. The molecule has 1 rings (SSSR count). The van der Waals surface area contributed by atoms with Crippen LogP contribution >= 0.6 is 0 Å². The van der Waals surface area contributed by atoms with Gasteiger partial charge in [-0.3, -0.25) is 0 Å². The second kappa shape index (κ2) is 7.81. The number of oxime groups is 1. The summed E-state index contributed by atoms with van der Waals surface area (Å²) in [5, 5.41) is 3.53. The highest BCUT2D eigenvalue weighted by atomic mass is 19.4. The highest BCUT2D eigenvalue weighted by Gasteiger charge is 2.35. The summed E-state index contributed by atoms with van der Waals surface area (Å²) in [4.78, 5) is 4.83. The van der Waals surface area contributed by atoms with Crippen LogP contribution in [0.15, 0.2) is 23.4 Å². The van der Waals surface area contributed by atoms with Crippen LogP contribution in [0.2, 0.25) is 0 Å². The summed E-state index contributed by atoms with van der Waals surface area (Å²) in [7, 11) is 0. The van der Waals surface area contributed by atoms with E-state index in [0.717, 1.165) is 6.07 Å². The Hall–Kier alpha value is -2.06. The van der Waals surface area contributed by atoms with Crippen molar-refractivity contribution in [2.45, 2.75) is 33.2 Å². The van der Waals surface area contributed by atoms with Gasteiger partial charge in [-0.2, -0.15) is 22.0 Å². The molecule has 0 aliphatic heterocycles. The van der Waals surface area contributed by atoms with E-state index < -0.39 is 24.1 Å². The Balaban J connectivity index is 2.88. The second-order valence-corrected chi connectivity index (χ2v) is 4.02. The Morgan fingerprint density at radius 2 is 1.95 bits per heavy atom. The molecule has 0 atom stereocenters. The number of hydrogen-bond donors (Lipinski definition) is 0. The number of halogens is 5. The molecular formula is C13H14F5NO3. The Morgan fingerprint density at radius 1 is 1.27 bits per heavy atom. The molecule has 0 radical (unpaired) electrons. The lowest BCUT2D eigenvalue weighted by molar-refractivity contribution is -0.142. The van der Waals surface area contributed by atoms with E-state index in [4.69, 9.17) is 9.57 Å². The summed E-state index contributed by atoms with van der Waals surface area (Å²) in [5.74, 6) is -0.726. The summed E-state index contributed by atoms with van der Waals surface area (Å²) in [5.41, 5.74) is -1.21. The monoisotopic (exact) mass is 327 g/mol. The van der Waals surface area contributed by atoms with Gasteiger partial charge in [0.25, 0.3) is 0 Å². The van der Waals surface area contributed by atoms with E-state index in [2.05, 4.69) is 9.89 Å². The van der Waals surface area contributed by atoms with Gasteiger partial charge in [-0.05, 0) is 24.6 Å². The van der Waals surface area contributed by atoms with Crippen LogP contribution in [-0.2, 0) is 22.4 Å². The van der Waals surface area contributed by atoms with Gasteiger partial charge in [-0.15, -0.1) is 0 Å². The van der Waals surface area contributed by atoms with E-state index in [0.29, 0.717) is 12.7 Å². The maximum atomic E-state index is 12.8. The van der Waals surface area contributed by atoms with Crippen molar-refractivity contribution >= 4 is 5.90 Å². The second-order valence-electron chi connectivity index (χ2n) is 4.02. The summed E-state index contributed by atoms with van der Waals surface area (Å²) in [6.45, 7) is 0.00114. The van der Waals surface area contributed by atoms with Crippen LogP contribution in [0.4, 0.5) is 22.0 Å². The zero-order valence-electron chi connectivity index (χ0n) is 11.8.